The van der Waals surface area contributed by atoms with Crippen LogP contribution in [0.4, 0.5) is 5.13 Å². The number of hydrogen-bond donors (Lipinski definition) is 1. The zero-order valence-corrected chi connectivity index (χ0v) is 14.8. The Hall–Kier alpha value is -1.61. The van der Waals surface area contributed by atoms with Crippen molar-refractivity contribution in [3.05, 3.63) is 11.1 Å². The molecule has 1 N–H and O–H groups in total. The van der Waals surface area contributed by atoms with Gasteiger partial charge in [0.2, 0.25) is 12.3 Å². The number of nitrogens with zero attached hydrogens (tertiary/aromatic N) is 2. The molecule has 0 spiro atoms. The number of aromatic nitrogens is 1. The fourth-order valence-electron chi connectivity index (χ4n) is 2.21. The van der Waals surface area contributed by atoms with Crippen LogP contribution in [0, 0.1) is 0 Å². The number of ether oxygens (including phenoxy) is 1. The van der Waals surface area contributed by atoms with Crippen LogP contribution in [0.2, 0.25) is 0 Å². The Morgan fingerprint density at radius 2 is 2.30 bits per heavy atom. The molecule has 9 heteroatoms. The summed E-state index contributed by atoms with van der Waals surface area (Å²) in [6, 6.07) is -0.523. The number of thioether (sulfide) groups is 1. The van der Waals surface area contributed by atoms with Crippen molar-refractivity contribution in [1.29, 1.82) is 0 Å². The first-order valence-corrected chi connectivity index (χ1v) is 9.02. The maximum atomic E-state index is 12.4. The van der Waals surface area contributed by atoms with Gasteiger partial charge in [0.25, 0.3) is 0 Å². The van der Waals surface area contributed by atoms with Crippen LogP contribution in [-0.4, -0.2) is 51.4 Å². The lowest BCUT2D eigenvalue weighted by atomic mass is 10.2. The van der Waals surface area contributed by atoms with E-state index in [1.165, 1.54) is 16.2 Å². The first-order valence-electron chi connectivity index (χ1n) is 7.16. The molecule has 1 unspecified atom stereocenters. The number of amides is 2. The molecule has 2 rings (SSSR count). The smallest absolute Gasteiger partial charge is 0.311 e. The third-order valence-electron chi connectivity index (χ3n) is 3.38. The Kier molecular flexibility index (Phi) is 5.64. The van der Waals surface area contributed by atoms with Gasteiger partial charge in [-0.25, -0.2) is 4.98 Å². The van der Waals surface area contributed by atoms with Gasteiger partial charge in [-0.3, -0.25) is 14.4 Å². The van der Waals surface area contributed by atoms with Crippen molar-refractivity contribution >= 4 is 46.5 Å². The van der Waals surface area contributed by atoms with E-state index in [0.29, 0.717) is 29.6 Å². The average molecular weight is 357 g/mol. The molecular weight excluding hydrogens is 338 g/mol. The molecule has 1 atom stereocenters. The van der Waals surface area contributed by atoms with E-state index < -0.39 is 10.9 Å². The van der Waals surface area contributed by atoms with Crippen molar-refractivity contribution < 1.29 is 19.1 Å². The normalized spacial score (nSPS) is 19.4. The first-order chi connectivity index (χ1) is 10.9. The molecule has 7 nitrogen and oxygen atoms in total. The largest absolute Gasteiger partial charge is 0.466 e. The Bertz CT molecular complexity index is 603. The number of esters is 1. The second-order valence-electron chi connectivity index (χ2n) is 5.40. The zero-order chi connectivity index (χ0) is 17.0. The minimum Gasteiger partial charge on any atom is -0.466 e. The molecule has 0 aliphatic carbocycles. The van der Waals surface area contributed by atoms with Crippen molar-refractivity contribution in [1.82, 2.24) is 9.88 Å². The standard InChI is InChI=1S/C14H19N3O4S2/c1-4-21-11(19)5-9-6-22-13(15-9)16-12(20)10-7-23-14(2,3)17(10)8-18/h6,8,10H,4-5,7H2,1-3H3,(H,15,16,20). The number of anilines is 1. The highest BCUT2D eigenvalue weighted by molar-refractivity contribution is 8.00. The van der Waals surface area contributed by atoms with E-state index in [2.05, 4.69) is 10.3 Å². The maximum absolute atomic E-state index is 12.4. The Morgan fingerprint density at radius 3 is 2.96 bits per heavy atom. The summed E-state index contributed by atoms with van der Waals surface area (Å²) < 4.78 is 4.86. The van der Waals surface area contributed by atoms with E-state index in [1.54, 1.807) is 24.1 Å². The van der Waals surface area contributed by atoms with Gasteiger partial charge in [-0.2, -0.15) is 0 Å². The summed E-state index contributed by atoms with van der Waals surface area (Å²) >= 11 is 2.79. The minimum atomic E-state index is -0.523. The summed E-state index contributed by atoms with van der Waals surface area (Å²) in [6.45, 7) is 5.87. The van der Waals surface area contributed by atoms with E-state index in [4.69, 9.17) is 4.74 Å². The van der Waals surface area contributed by atoms with Crippen LogP contribution in [0.25, 0.3) is 0 Å². The summed E-state index contributed by atoms with van der Waals surface area (Å²) in [4.78, 5) is 40.3. The molecule has 126 valence electrons. The van der Waals surface area contributed by atoms with Gasteiger partial charge in [-0.1, -0.05) is 0 Å². The van der Waals surface area contributed by atoms with Crippen LogP contribution < -0.4 is 5.32 Å². The Morgan fingerprint density at radius 1 is 1.57 bits per heavy atom. The third-order valence-corrected chi connectivity index (χ3v) is 5.59. The molecule has 1 aromatic heterocycles. The molecule has 1 aliphatic rings. The lowest BCUT2D eigenvalue weighted by Crippen LogP contribution is -2.47. The quantitative estimate of drug-likeness (QED) is 0.613. The monoisotopic (exact) mass is 357 g/mol. The number of rotatable bonds is 6. The zero-order valence-electron chi connectivity index (χ0n) is 13.2. The van der Waals surface area contributed by atoms with E-state index in [9.17, 15) is 14.4 Å². The van der Waals surface area contributed by atoms with Gasteiger partial charge < -0.3 is 15.0 Å². The van der Waals surface area contributed by atoms with Crippen LogP contribution in [0.5, 0.6) is 0 Å². The predicted octanol–water partition coefficient (Wildman–Crippen LogP) is 1.50. The summed E-state index contributed by atoms with van der Waals surface area (Å²) in [6.07, 6.45) is 0.783. The second-order valence-corrected chi connectivity index (χ2v) is 7.88. The van der Waals surface area contributed by atoms with E-state index >= 15 is 0 Å². The first kappa shape index (κ1) is 17.7. The highest BCUT2D eigenvalue weighted by atomic mass is 32.2. The number of carbonyl (C=O) groups is 3. The van der Waals surface area contributed by atoms with Gasteiger partial charge in [0.15, 0.2) is 5.13 Å². The summed E-state index contributed by atoms with van der Waals surface area (Å²) in [5.41, 5.74) is 0.553. The summed E-state index contributed by atoms with van der Waals surface area (Å²) in [5, 5.41) is 4.83. The molecule has 1 aliphatic heterocycles. The summed E-state index contributed by atoms with van der Waals surface area (Å²) in [7, 11) is 0. The predicted molar refractivity (Wildman–Crippen MR) is 89.3 cm³/mol. The fraction of sp³-hybridized carbons (Fsp3) is 0.571. The van der Waals surface area contributed by atoms with Crippen LogP contribution in [-0.2, 0) is 25.5 Å². The van der Waals surface area contributed by atoms with Gasteiger partial charge >= 0.3 is 5.97 Å². The van der Waals surface area contributed by atoms with Crippen LogP contribution >= 0.6 is 23.1 Å². The van der Waals surface area contributed by atoms with Gasteiger partial charge in [-0.15, -0.1) is 23.1 Å². The van der Waals surface area contributed by atoms with Gasteiger partial charge in [0.05, 0.1) is 23.6 Å². The van der Waals surface area contributed by atoms with Crippen LogP contribution in [0.1, 0.15) is 26.5 Å². The van der Waals surface area contributed by atoms with E-state index in [0.717, 1.165) is 0 Å². The number of thiazole rings is 1. The molecule has 2 amide bonds. The molecule has 1 saturated heterocycles. The number of hydrogen-bond acceptors (Lipinski definition) is 7. The topological polar surface area (TPSA) is 88.6 Å². The Balaban J connectivity index is 1.97. The van der Waals surface area contributed by atoms with Gasteiger partial charge in [-0.05, 0) is 20.8 Å². The molecule has 0 aromatic carbocycles. The highest BCUT2D eigenvalue weighted by Crippen LogP contribution is 2.37. The van der Waals surface area contributed by atoms with Crippen molar-refractivity contribution in [2.45, 2.75) is 38.1 Å². The molecule has 0 radical (unpaired) electrons. The van der Waals surface area contributed by atoms with E-state index in [-0.39, 0.29) is 18.3 Å². The SMILES string of the molecule is CCOC(=O)Cc1csc(NC(=O)C2CSC(C)(C)N2C=O)n1. The molecular formula is C14H19N3O4S2. The van der Waals surface area contributed by atoms with Crippen molar-refractivity contribution in [3.63, 3.8) is 0 Å². The van der Waals surface area contributed by atoms with Crippen LogP contribution in [0.15, 0.2) is 5.38 Å². The van der Waals surface area contributed by atoms with Crippen LogP contribution in [0.3, 0.4) is 0 Å². The summed E-state index contributed by atoms with van der Waals surface area (Å²) in [5.74, 6) is -0.0810. The van der Waals surface area contributed by atoms with Gasteiger partial charge in [0, 0.05) is 11.1 Å². The van der Waals surface area contributed by atoms with E-state index in [1.807, 2.05) is 13.8 Å². The van der Waals surface area contributed by atoms with Crippen molar-refractivity contribution in [2.75, 3.05) is 17.7 Å². The van der Waals surface area contributed by atoms with Crippen molar-refractivity contribution in [3.8, 4) is 0 Å². The molecule has 23 heavy (non-hydrogen) atoms. The number of carbonyl (C=O) groups excluding carboxylic acids is 3. The Labute approximate surface area is 142 Å². The lowest BCUT2D eigenvalue weighted by molar-refractivity contribution is -0.142. The average Bonchev–Trinajstić information content (AvgIpc) is 3.02. The fourth-order valence-corrected chi connectivity index (χ4v) is 4.12. The number of nitrogens with one attached hydrogen (secondary N) is 1. The molecule has 1 fully saturated rings. The third kappa shape index (κ3) is 4.23. The molecule has 0 saturated carbocycles. The highest BCUT2D eigenvalue weighted by Gasteiger charge is 2.43. The van der Waals surface area contributed by atoms with Crippen molar-refractivity contribution in [2.24, 2.45) is 0 Å². The molecule has 0 bridgehead atoms. The lowest BCUT2D eigenvalue weighted by Gasteiger charge is -2.29. The second kappa shape index (κ2) is 7.31. The maximum Gasteiger partial charge on any atom is 0.311 e. The molecule has 2 heterocycles. The molecule has 1 aromatic rings. The van der Waals surface area contributed by atoms with Gasteiger partial charge in [0.1, 0.15) is 6.04 Å². The minimum absolute atomic E-state index is 0.0764.